The van der Waals surface area contributed by atoms with Gasteiger partial charge in [-0.2, -0.15) is 0 Å². The molecule has 0 amide bonds. The van der Waals surface area contributed by atoms with E-state index < -0.39 is 12.3 Å². The highest BCUT2D eigenvalue weighted by molar-refractivity contribution is 5.53. The van der Waals surface area contributed by atoms with E-state index in [0.717, 1.165) is 0 Å². The van der Waals surface area contributed by atoms with Crippen molar-refractivity contribution >= 4 is 12.3 Å². The lowest BCUT2D eigenvalue weighted by Crippen LogP contribution is -1.81. The van der Waals surface area contributed by atoms with Crippen molar-refractivity contribution in [2.75, 3.05) is 0 Å². The molecule has 82 valence electrons. The molecule has 0 radical (unpaired) electrons. The molecule has 0 aromatic rings. The number of hydrogen-bond acceptors (Lipinski definition) is 2. The fourth-order valence-electron chi connectivity index (χ4n) is 0.760. The molecule has 0 unspecified atom stereocenters. The van der Waals surface area contributed by atoms with Gasteiger partial charge in [0.25, 0.3) is 0 Å². The van der Waals surface area contributed by atoms with Crippen molar-refractivity contribution in [1.29, 1.82) is 0 Å². The summed E-state index contributed by atoms with van der Waals surface area (Å²) < 4.78 is 0. The van der Waals surface area contributed by atoms with Gasteiger partial charge in [-0.15, -0.1) is 0 Å². The summed E-state index contributed by atoms with van der Waals surface area (Å²) in [6.45, 7) is 0. The summed E-state index contributed by atoms with van der Waals surface area (Å²) in [6, 6.07) is 0. The highest BCUT2D eigenvalue weighted by Crippen LogP contribution is 2.07. The molecule has 0 atom stereocenters. The second-order valence-electron chi connectivity index (χ2n) is 2.32. The summed E-state index contributed by atoms with van der Waals surface area (Å²) in [5.41, 5.74) is 0. The summed E-state index contributed by atoms with van der Waals surface area (Å²) in [7, 11) is 0. The van der Waals surface area contributed by atoms with Crippen molar-refractivity contribution < 1.29 is 30.0 Å². The highest BCUT2D eigenvalue weighted by atomic mass is 16.6. The molecule has 0 heterocycles. The van der Waals surface area contributed by atoms with Gasteiger partial charge in [-0.25, -0.2) is 9.59 Å². The molecule has 0 aliphatic heterocycles. The Morgan fingerprint density at radius 1 is 0.786 bits per heavy atom. The van der Waals surface area contributed by atoms with E-state index in [-0.39, 0.29) is 0 Å². The van der Waals surface area contributed by atoms with Crippen molar-refractivity contribution in [2.45, 2.75) is 25.7 Å². The van der Waals surface area contributed by atoms with E-state index in [1.54, 1.807) is 0 Å². The van der Waals surface area contributed by atoms with Crippen LogP contribution in [0.5, 0.6) is 0 Å². The Kier molecular flexibility index (Phi) is 11.9. The van der Waals surface area contributed by atoms with Crippen LogP contribution in [0.4, 0.5) is 9.59 Å². The van der Waals surface area contributed by atoms with Crippen LogP contribution in [0.1, 0.15) is 25.7 Å². The van der Waals surface area contributed by atoms with Crippen LogP contribution in [-0.4, -0.2) is 32.7 Å². The van der Waals surface area contributed by atoms with E-state index in [0.29, 0.717) is 0 Å². The van der Waals surface area contributed by atoms with Crippen LogP contribution >= 0.6 is 0 Å². The van der Waals surface area contributed by atoms with Crippen molar-refractivity contribution in [3.8, 4) is 0 Å². The van der Waals surface area contributed by atoms with Gasteiger partial charge >= 0.3 is 12.3 Å². The minimum Gasteiger partial charge on any atom is -0.450 e. The molecular formula is C8H14O6. The predicted octanol–water partition coefficient (Wildman–Crippen LogP) is 2.56. The van der Waals surface area contributed by atoms with E-state index in [9.17, 15) is 0 Å². The maximum absolute atomic E-state index is 8.56. The lowest BCUT2D eigenvalue weighted by atomic mass is 10.1. The highest BCUT2D eigenvalue weighted by Gasteiger charge is 1.87. The molecule has 1 aliphatic rings. The maximum atomic E-state index is 8.56. The molecule has 0 fully saturated rings. The molecule has 0 aromatic carbocycles. The topological polar surface area (TPSA) is 115 Å². The lowest BCUT2D eigenvalue weighted by molar-refractivity contribution is 0.135. The number of allylic oxidation sites excluding steroid dienone is 2. The first kappa shape index (κ1) is 14.8. The van der Waals surface area contributed by atoms with Gasteiger partial charge in [-0.3, -0.25) is 0 Å². The summed E-state index contributed by atoms with van der Waals surface area (Å²) in [4.78, 5) is 17.1. The summed E-state index contributed by atoms with van der Waals surface area (Å²) >= 11 is 0. The first-order chi connectivity index (χ1) is 6.46. The largest absolute Gasteiger partial charge is 0.503 e. The summed E-state index contributed by atoms with van der Waals surface area (Å²) in [5, 5.41) is 27.9. The minimum absolute atomic E-state index is 1.32. The van der Waals surface area contributed by atoms with Crippen LogP contribution < -0.4 is 0 Å². The molecule has 0 spiro atoms. The van der Waals surface area contributed by atoms with E-state index in [2.05, 4.69) is 12.2 Å². The van der Waals surface area contributed by atoms with Gasteiger partial charge < -0.3 is 20.4 Å². The molecule has 4 N–H and O–H groups in total. The Labute approximate surface area is 81.1 Å². The van der Waals surface area contributed by atoms with Gasteiger partial charge in [0.1, 0.15) is 0 Å². The summed E-state index contributed by atoms with van der Waals surface area (Å²) in [6.07, 6.45) is 6.33. The average Bonchev–Trinajstić information content (AvgIpc) is 2.05. The van der Waals surface area contributed by atoms with Gasteiger partial charge in [0.05, 0.1) is 0 Å². The third-order valence-corrected chi connectivity index (χ3v) is 1.16. The van der Waals surface area contributed by atoms with Crippen LogP contribution in [0.25, 0.3) is 0 Å². The Bertz CT molecular complexity index is 158. The first-order valence-electron chi connectivity index (χ1n) is 3.95. The smallest absolute Gasteiger partial charge is 0.450 e. The minimum atomic E-state index is -1.83. The van der Waals surface area contributed by atoms with Crippen molar-refractivity contribution in [2.24, 2.45) is 0 Å². The molecule has 14 heavy (non-hydrogen) atoms. The molecule has 0 saturated heterocycles. The third kappa shape index (κ3) is 48.3. The molecule has 6 heteroatoms. The predicted molar refractivity (Wildman–Crippen MR) is 48.9 cm³/mol. The fourth-order valence-corrected chi connectivity index (χ4v) is 0.760. The Balaban J connectivity index is 0. The lowest BCUT2D eigenvalue weighted by Gasteiger charge is -1.97. The van der Waals surface area contributed by atoms with E-state index >= 15 is 0 Å². The van der Waals surface area contributed by atoms with Crippen molar-refractivity contribution in [1.82, 2.24) is 0 Å². The van der Waals surface area contributed by atoms with Gasteiger partial charge in [0.2, 0.25) is 0 Å². The zero-order chi connectivity index (χ0) is 11.4. The second-order valence-corrected chi connectivity index (χ2v) is 2.32. The van der Waals surface area contributed by atoms with E-state index in [1.807, 2.05) is 0 Å². The number of carboxylic acid groups (broad SMARTS) is 4. The second kappa shape index (κ2) is 11.3. The van der Waals surface area contributed by atoms with Crippen molar-refractivity contribution in [3.05, 3.63) is 12.2 Å². The monoisotopic (exact) mass is 206 g/mol. The molecule has 1 rings (SSSR count). The van der Waals surface area contributed by atoms with E-state index in [1.165, 1.54) is 25.7 Å². The number of rotatable bonds is 0. The molecule has 6 nitrogen and oxygen atoms in total. The van der Waals surface area contributed by atoms with Crippen molar-refractivity contribution in [3.63, 3.8) is 0 Å². The SMILES string of the molecule is C1=CCCCC1.O=C(O)O.O=C(O)O. The average molecular weight is 206 g/mol. The number of carbonyl (C=O) groups is 2. The fraction of sp³-hybridized carbons (Fsp3) is 0.500. The van der Waals surface area contributed by atoms with Crippen LogP contribution in [0.15, 0.2) is 12.2 Å². The Morgan fingerprint density at radius 2 is 1.00 bits per heavy atom. The molecule has 0 saturated carbocycles. The molecule has 1 aliphatic carbocycles. The zero-order valence-electron chi connectivity index (χ0n) is 7.59. The zero-order valence-corrected chi connectivity index (χ0v) is 7.59. The quantitative estimate of drug-likeness (QED) is 0.453. The van der Waals surface area contributed by atoms with Crippen LogP contribution in [0, 0.1) is 0 Å². The summed E-state index contributed by atoms with van der Waals surface area (Å²) in [5.74, 6) is 0. The van der Waals surface area contributed by atoms with Crippen LogP contribution in [-0.2, 0) is 0 Å². The number of hydrogen-bond donors (Lipinski definition) is 4. The maximum Gasteiger partial charge on any atom is 0.503 e. The first-order valence-corrected chi connectivity index (χ1v) is 3.95. The normalized spacial score (nSPS) is 12.6. The third-order valence-electron chi connectivity index (χ3n) is 1.16. The molecule has 0 bridgehead atoms. The molecular weight excluding hydrogens is 192 g/mol. The van der Waals surface area contributed by atoms with Gasteiger partial charge in [0.15, 0.2) is 0 Å². The van der Waals surface area contributed by atoms with E-state index in [4.69, 9.17) is 30.0 Å². The van der Waals surface area contributed by atoms with Gasteiger partial charge in [0, 0.05) is 0 Å². The van der Waals surface area contributed by atoms with Gasteiger partial charge in [-0.1, -0.05) is 12.2 Å². The van der Waals surface area contributed by atoms with Crippen LogP contribution in [0.2, 0.25) is 0 Å². The van der Waals surface area contributed by atoms with Crippen LogP contribution in [0.3, 0.4) is 0 Å². The Hall–Kier alpha value is -1.72. The molecule has 0 aromatic heterocycles. The standard InChI is InChI=1S/C6H10.2CH2O3/c1-2-4-6-5-3-1;2*2-1(3)4/h1-2H,3-6H2;2*(H2,2,3,4). The Morgan fingerprint density at radius 3 is 1.07 bits per heavy atom. The van der Waals surface area contributed by atoms with Gasteiger partial charge in [-0.05, 0) is 25.7 Å².